The van der Waals surface area contributed by atoms with Crippen LogP contribution in [0.25, 0.3) is 0 Å². The Morgan fingerprint density at radius 1 is 1.04 bits per heavy atom. The summed E-state index contributed by atoms with van der Waals surface area (Å²) in [5, 5.41) is 11.8. The number of aliphatic hydroxyl groups is 1. The van der Waals surface area contributed by atoms with Crippen LogP contribution in [0.1, 0.15) is 23.3 Å². The molecule has 2 aromatic rings. The highest BCUT2D eigenvalue weighted by molar-refractivity contribution is 5.82. The molecule has 0 unspecified atom stereocenters. The predicted octanol–water partition coefficient (Wildman–Crippen LogP) is 3.15. The molecule has 2 N–H and O–H groups in total. The summed E-state index contributed by atoms with van der Waals surface area (Å²) in [6.45, 7) is 0. The van der Waals surface area contributed by atoms with Gasteiger partial charge in [-0.1, -0.05) is 42.5 Å². The minimum absolute atomic E-state index is 0.156. The number of rotatable bonds is 5. The van der Waals surface area contributed by atoms with E-state index in [1.807, 2.05) is 5.32 Å². The van der Waals surface area contributed by atoms with E-state index in [9.17, 15) is 23.1 Å². The van der Waals surface area contributed by atoms with Gasteiger partial charge in [-0.05, 0) is 23.3 Å². The molecule has 0 spiro atoms. The largest absolute Gasteiger partial charge is 0.497 e. The number of nitrogens with one attached hydrogen (secondary N) is 1. The fourth-order valence-corrected chi connectivity index (χ4v) is 2.16. The van der Waals surface area contributed by atoms with Crippen LogP contribution in [-0.2, 0) is 4.79 Å². The molecule has 2 atom stereocenters. The average molecular weight is 339 g/mol. The molecule has 1 amide bonds. The quantitative estimate of drug-likeness (QED) is 0.880. The maximum absolute atomic E-state index is 13.3. The van der Waals surface area contributed by atoms with Crippen molar-refractivity contribution in [3.05, 3.63) is 65.7 Å². The summed E-state index contributed by atoms with van der Waals surface area (Å²) in [5.41, 5.74) is 0.0579. The zero-order valence-electron chi connectivity index (χ0n) is 12.7. The molecule has 0 radical (unpaired) electrons. The summed E-state index contributed by atoms with van der Waals surface area (Å²) in [4.78, 5) is 12.0. The molecule has 4 nitrogen and oxygen atoms in total. The Bertz CT molecular complexity index is 672. The maximum atomic E-state index is 13.3. The number of alkyl halides is 3. The van der Waals surface area contributed by atoms with E-state index < -0.39 is 24.2 Å². The first-order valence-electron chi connectivity index (χ1n) is 7.07. The van der Waals surface area contributed by atoms with Gasteiger partial charge in [0.1, 0.15) is 5.75 Å². The van der Waals surface area contributed by atoms with E-state index in [-0.39, 0.29) is 11.1 Å². The van der Waals surface area contributed by atoms with Crippen LogP contribution in [0.15, 0.2) is 54.6 Å². The van der Waals surface area contributed by atoms with Crippen LogP contribution >= 0.6 is 0 Å². The van der Waals surface area contributed by atoms with Crippen LogP contribution in [-0.4, -0.2) is 24.3 Å². The highest BCUT2D eigenvalue weighted by Crippen LogP contribution is 2.34. The number of amides is 1. The molecule has 24 heavy (non-hydrogen) atoms. The van der Waals surface area contributed by atoms with Gasteiger partial charge in [0, 0.05) is 0 Å². The number of carbonyl (C=O) groups is 1. The van der Waals surface area contributed by atoms with E-state index in [0.717, 1.165) is 0 Å². The van der Waals surface area contributed by atoms with Crippen molar-refractivity contribution in [1.29, 1.82) is 0 Å². The first-order valence-corrected chi connectivity index (χ1v) is 7.07. The molecule has 128 valence electrons. The van der Waals surface area contributed by atoms with Crippen LogP contribution in [0.4, 0.5) is 13.2 Å². The Hall–Kier alpha value is -2.54. The van der Waals surface area contributed by atoms with Gasteiger partial charge in [-0.3, -0.25) is 4.79 Å². The first-order chi connectivity index (χ1) is 11.3. The van der Waals surface area contributed by atoms with Gasteiger partial charge in [0.25, 0.3) is 5.91 Å². The molecule has 0 aromatic heterocycles. The number of carbonyl (C=O) groups excluding carboxylic acids is 1. The fourth-order valence-electron chi connectivity index (χ4n) is 2.16. The van der Waals surface area contributed by atoms with Crippen molar-refractivity contribution in [2.45, 2.75) is 18.3 Å². The molecule has 0 bridgehead atoms. The lowest BCUT2D eigenvalue weighted by Crippen LogP contribution is -2.40. The van der Waals surface area contributed by atoms with Gasteiger partial charge in [-0.15, -0.1) is 0 Å². The Morgan fingerprint density at radius 3 is 2.12 bits per heavy atom. The van der Waals surface area contributed by atoms with Gasteiger partial charge in [-0.2, -0.15) is 13.2 Å². The fraction of sp³-hybridized carbons (Fsp3) is 0.235. The number of hydrogen-bond donors (Lipinski definition) is 2. The van der Waals surface area contributed by atoms with Crippen LogP contribution < -0.4 is 10.1 Å². The molecular formula is C17H16F3NO3. The normalized spacial score (nSPS) is 13.9. The lowest BCUT2D eigenvalue weighted by molar-refractivity contribution is -0.166. The van der Waals surface area contributed by atoms with Crippen LogP contribution in [0.2, 0.25) is 0 Å². The summed E-state index contributed by atoms with van der Waals surface area (Å²) < 4.78 is 44.8. The van der Waals surface area contributed by atoms with E-state index in [1.165, 1.54) is 43.5 Å². The van der Waals surface area contributed by atoms with Crippen molar-refractivity contribution in [1.82, 2.24) is 5.32 Å². The third kappa shape index (κ3) is 4.26. The zero-order valence-corrected chi connectivity index (χ0v) is 12.7. The third-order valence-electron chi connectivity index (χ3n) is 3.43. The van der Waals surface area contributed by atoms with Crippen molar-refractivity contribution >= 4 is 5.91 Å². The third-order valence-corrected chi connectivity index (χ3v) is 3.43. The van der Waals surface area contributed by atoms with E-state index in [4.69, 9.17) is 4.74 Å². The van der Waals surface area contributed by atoms with Crippen molar-refractivity contribution in [3.8, 4) is 5.75 Å². The second-order valence-electron chi connectivity index (χ2n) is 5.07. The number of halogens is 3. The van der Waals surface area contributed by atoms with Gasteiger partial charge in [0.2, 0.25) is 0 Å². The summed E-state index contributed by atoms with van der Waals surface area (Å²) in [7, 11) is 1.40. The molecular weight excluding hydrogens is 323 g/mol. The number of aliphatic hydroxyl groups excluding tert-OH is 1. The topological polar surface area (TPSA) is 58.6 Å². The van der Waals surface area contributed by atoms with E-state index in [0.29, 0.717) is 5.75 Å². The monoisotopic (exact) mass is 339 g/mol. The van der Waals surface area contributed by atoms with Gasteiger partial charge in [0.15, 0.2) is 12.1 Å². The Labute approximate surface area is 136 Å². The average Bonchev–Trinajstić information content (AvgIpc) is 2.58. The Kier molecular flexibility index (Phi) is 5.46. The van der Waals surface area contributed by atoms with Gasteiger partial charge in [-0.25, -0.2) is 0 Å². The molecule has 0 aliphatic heterocycles. The molecule has 0 fully saturated rings. The number of ether oxygens (including phenoxy) is 1. The zero-order chi connectivity index (χ0) is 17.7. The van der Waals surface area contributed by atoms with E-state index in [2.05, 4.69) is 0 Å². The summed E-state index contributed by atoms with van der Waals surface area (Å²) in [6, 6.07) is 10.7. The molecule has 2 rings (SSSR count). The standard InChI is InChI=1S/C17H16F3NO3/c1-24-13-9-7-12(8-10-13)15(17(18,19)20)21-16(23)14(22)11-5-3-2-4-6-11/h2-10,14-15,22H,1H3,(H,21,23)/t14-,15+/m0/s1. The number of methoxy groups -OCH3 is 1. The van der Waals surface area contributed by atoms with Crippen molar-refractivity contribution in [3.63, 3.8) is 0 Å². The second-order valence-corrected chi connectivity index (χ2v) is 5.07. The van der Waals surface area contributed by atoms with Crippen molar-refractivity contribution in [2.24, 2.45) is 0 Å². The number of hydrogen-bond acceptors (Lipinski definition) is 3. The van der Waals surface area contributed by atoms with Crippen molar-refractivity contribution in [2.75, 3.05) is 7.11 Å². The van der Waals surface area contributed by atoms with Gasteiger partial charge in [0.05, 0.1) is 7.11 Å². The Balaban J connectivity index is 2.21. The van der Waals surface area contributed by atoms with Gasteiger partial charge < -0.3 is 15.2 Å². The summed E-state index contributed by atoms with van der Waals surface area (Å²) in [5.74, 6) is -0.727. The highest BCUT2D eigenvalue weighted by atomic mass is 19.4. The summed E-state index contributed by atoms with van der Waals surface area (Å²) in [6.07, 6.45) is -6.39. The molecule has 0 saturated heterocycles. The number of benzene rings is 2. The smallest absolute Gasteiger partial charge is 0.412 e. The lowest BCUT2D eigenvalue weighted by Gasteiger charge is -2.23. The molecule has 0 aliphatic carbocycles. The van der Waals surface area contributed by atoms with Crippen molar-refractivity contribution < 1.29 is 27.8 Å². The lowest BCUT2D eigenvalue weighted by atomic mass is 10.0. The highest BCUT2D eigenvalue weighted by Gasteiger charge is 2.42. The summed E-state index contributed by atoms with van der Waals surface area (Å²) >= 11 is 0. The second kappa shape index (κ2) is 7.35. The molecule has 2 aromatic carbocycles. The minimum Gasteiger partial charge on any atom is -0.497 e. The maximum Gasteiger partial charge on any atom is 0.412 e. The molecule has 0 heterocycles. The molecule has 0 saturated carbocycles. The van der Waals surface area contributed by atoms with E-state index in [1.54, 1.807) is 18.2 Å². The SMILES string of the molecule is COc1ccc([C@@H](NC(=O)[C@@H](O)c2ccccc2)C(F)(F)F)cc1. The van der Waals surface area contributed by atoms with Crippen LogP contribution in [0.5, 0.6) is 5.75 Å². The van der Waals surface area contributed by atoms with Crippen LogP contribution in [0.3, 0.4) is 0 Å². The predicted molar refractivity (Wildman–Crippen MR) is 81.3 cm³/mol. The van der Waals surface area contributed by atoms with Gasteiger partial charge >= 0.3 is 6.18 Å². The van der Waals surface area contributed by atoms with E-state index >= 15 is 0 Å². The van der Waals surface area contributed by atoms with Crippen LogP contribution in [0, 0.1) is 0 Å². The first kappa shape index (κ1) is 17.8. The molecule has 0 aliphatic rings. The minimum atomic E-state index is -4.71. The Morgan fingerprint density at radius 2 is 1.62 bits per heavy atom. The molecule has 7 heteroatoms.